The van der Waals surface area contributed by atoms with Crippen molar-refractivity contribution in [2.24, 2.45) is 0 Å². The molecule has 0 saturated heterocycles. The van der Waals surface area contributed by atoms with Crippen molar-refractivity contribution in [3.8, 4) is 0 Å². The van der Waals surface area contributed by atoms with Gasteiger partial charge in [0, 0.05) is 18.7 Å². The molecule has 2 aromatic carbocycles. The minimum absolute atomic E-state index is 0.169. The van der Waals surface area contributed by atoms with E-state index in [-0.39, 0.29) is 5.69 Å². The highest BCUT2D eigenvalue weighted by atomic mass is 19.2. The quantitative estimate of drug-likeness (QED) is 0.814. The number of halogens is 3. The molecule has 4 heteroatoms. The molecule has 19 heavy (non-hydrogen) atoms. The summed E-state index contributed by atoms with van der Waals surface area (Å²) in [7, 11) is 0. The smallest absolute Gasteiger partial charge is 0.182 e. The third-order valence-corrected chi connectivity index (χ3v) is 2.91. The Morgan fingerprint density at radius 2 is 1.58 bits per heavy atom. The molecule has 0 aliphatic heterocycles. The lowest BCUT2D eigenvalue weighted by Gasteiger charge is -2.09. The van der Waals surface area contributed by atoms with Gasteiger partial charge in [0.05, 0.1) is 5.69 Å². The largest absolute Gasteiger partial charge is 0.378 e. The van der Waals surface area contributed by atoms with Crippen molar-refractivity contribution in [2.45, 2.75) is 19.9 Å². The molecule has 2 rings (SSSR count). The Morgan fingerprint density at radius 3 is 2.21 bits per heavy atom. The van der Waals surface area contributed by atoms with E-state index in [4.69, 9.17) is 0 Å². The van der Waals surface area contributed by atoms with Gasteiger partial charge >= 0.3 is 0 Å². The number of rotatable bonds is 4. The summed E-state index contributed by atoms with van der Waals surface area (Å²) < 4.78 is 39.4. The zero-order chi connectivity index (χ0) is 13.8. The molecule has 0 unspecified atom stereocenters. The molecular weight excluding hydrogens is 251 g/mol. The number of hydrogen-bond acceptors (Lipinski definition) is 1. The Bertz CT molecular complexity index is 564. The van der Waals surface area contributed by atoms with Crippen LogP contribution in [0.5, 0.6) is 0 Å². The molecule has 0 saturated carbocycles. The highest BCUT2D eigenvalue weighted by Crippen LogP contribution is 2.20. The van der Waals surface area contributed by atoms with Crippen LogP contribution in [0.2, 0.25) is 0 Å². The van der Waals surface area contributed by atoms with Gasteiger partial charge in [-0.05, 0) is 17.5 Å². The number of nitrogens with one attached hydrogen (secondary N) is 1. The Hall–Kier alpha value is -1.97. The molecule has 0 atom stereocenters. The number of hydrogen-bond donors (Lipinski definition) is 1. The van der Waals surface area contributed by atoms with Crippen LogP contribution in [0.1, 0.15) is 18.1 Å². The first-order chi connectivity index (χ1) is 9.10. The minimum atomic E-state index is -1.19. The maximum atomic E-state index is 13.4. The van der Waals surface area contributed by atoms with Gasteiger partial charge in [-0.1, -0.05) is 31.2 Å². The van der Waals surface area contributed by atoms with Gasteiger partial charge in [-0.3, -0.25) is 0 Å². The average Bonchev–Trinajstić information content (AvgIpc) is 2.41. The first kappa shape index (κ1) is 13.5. The SMILES string of the molecule is CCc1ccc(CNc2cc(F)cc(F)c2F)cc1. The molecule has 0 aliphatic carbocycles. The maximum Gasteiger partial charge on any atom is 0.182 e. The zero-order valence-corrected chi connectivity index (χ0v) is 10.5. The average molecular weight is 265 g/mol. The predicted molar refractivity (Wildman–Crippen MR) is 69.5 cm³/mol. The van der Waals surface area contributed by atoms with Crippen molar-refractivity contribution in [2.75, 3.05) is 5.32 Å². The minimum Gasteiger partial charge on any atom is -0.378 e. The van der Waals surface area contributed by atoms with E-state index >= 15 is 0 Å². The molecule has 0 heterocycles. The second-order valence-electron chi connectivity index (χ2n) is 4.27. The lowest BCUT2D eigenvalue weighted by Crippen LogP contribution is -2.03. The molecule has 1 N–H and O–H groups in total. The van der Waals surface area contributed by atoms with Crippen molar-refractivity contribution < 1.29 is 13.2 Å². The van der Waals surface area contributed by atoms with E-state index in [0.29, 0.717) is 12.6 Å². The van der Waals surface area contributed by atoms with E-state index in [0.717, 1.165) is 18.1 Å². The fourth-order valence-corrected chi connectivity index (χ4v) is 1.77. The van der Waals surface area contributed by atoms with Gasteiger partial charge in [0.2, 0.25) is 0 Å². The van der Waals surface area contributed by atoms with E-state index in [1.807, 2.05) is 24.3 Å². The summed E-state index contributed by atoms with van der Waals surface area (Å²) in [4.78, 5) is 0. The first-order valence-electron chi connectivity index (χ1n) is 6.06. The summed E-state index contributed by atoms with van der Waals surface area (Å²) in [5, 5.41) is 2.69. The molecule has 0 spiro atoms. The number of benzene rings is 2. The van der Waals surface area contributed by atoms with E-state index in [1.54, 1.807) is 0 Å². The van der Waals surface area contributed by atoms with Crippen LogP contribution in [0.25, 0.3) is 0 Å². The van der Waals surface area contributed by atoms with Gasteiger partial charge in [-0.15, -0.1) is 0 Å². The molecule has 0 aliphatic rings. The summed E-state index contributed by atoms with van der Waals surface area (Å²) >= 11 is 0. The van der Waals surface area contributed by atoms with Crippen LogP contribution in [0.15, 0.2) is 36.4 Å². The molecule has 0 fully saturated rings. The van der Waals surface area contributed by atoms with E-state index in [9.17, 15) is 13.2 Å². The Kier molecular flexibility index (Phi) is 4.10. The standard InChI is InChI=1S/C15H14F3N/c1-2-10-3-5-11(6-4-10)9-19-14-8-12(16)7-13(17)15(14)18/h3-8,19H,2,9H2,1H3. The second-order valence-corrected chi connectivity index (χ2v) is 4.27. The van der Waals surface area contributed by atoms with Gasteiger partial charge in [0.25, 0.3) is 0 Å². The topological polar surface area (TPSA) is 12.0 Å². The number of anilines is 1. The third kappa shape index (κ3) is 3.28. The van der Waals surface area contributed by atoms with Crippen molar-refractivity contribution in [3.05, 3.63) is 65.0 Å². The van der Waals surface area contributed by atoms with Crippen LogP contribution in [-0.4, -0.2) is 0 Å². The summed E-state index contributed by atoms with van der Waals surface area (Å²) in [5.41, 5.74) is 1.95. The summed E-state index contributed by atoms with van der Waals surface area (Å²) in [6, 6.07) is 9.22. The van der Waals surface area contributed by atoms with Gasteiger partial charge < -0.3 is 5.32 Å². The lowest BCUT2D eigenvalue weighted by atomic mass is 10.1. The molecule has 0 aromatic heterocycles. The normalized spacial score (nSPS) is 10.5. The number of aryl methyl sites for hydroxylation is 1. The van der Waals surface area contributed by atoms with Gasteiger partial charge in [-0.2, -0.15) is 0 Å². The molecule has 100 valence electrons. The van der Waals surface area contributed by atoms with Crippen LogP contribution in [0.4, 0.5) is 18.9 Å². The molecule has 2 aromatic rings. The molecule has 0 bridgehead atoms. The highest BCUT2D eigenvalue weighted by molar-refractivity contribution is 5.46. The fraction of sp³-hybridized carbons (Fsp3) is 0.200. The monoisotopic (exact) mass is 265 g/mol. The Labute approximate surface area is 110 Å². The van der Waals surface area contributed by atoms with Gasteiger partial charge in [0.15, 0.2) is 11.6 Å². The molecule has 0 radical (unpaired) electrons. The first-order valence-corrected chi connectivity index (χ1v) is 6.06. The molecule has 0 amide bonds. The Balaban J connectivity index is 2.09. The van der Waals surface area contributed by atoms with Crippen LogP contribution < -0.4 is 5.32 Å². The highest BCUT2D eigenvalue weighted by Gasteiger charge is 2.10. The summed E-state index contributed by atoms with van der Waals surface area (Å²) in [5.74, 6) is -3.06. The molecular formula is C15H14F3N. The fourth-order valence-electron chi connectivity index (χ4n) is 1.77. The third-order valence-electron chi connectivity index (χ3n) is 2.91. The van der Waals surface area contributed by atoms with Crippen LogP contribution in [0.3, 0.4) is 0 Å². The van der Waals surface area contributed by atoms with E-state index in [1.165, 1.54) is 5.56 Å². The van der Waals surface area contributed by atoms with Crippen LogP contribution in [-0.2, 0) is 13.0 Å². The molecule has 1 nitrogen and oxygen atoms in total. The Morgan fingerprint density at radius 1 is 0.947 bits per heavy atom. The van der Waals surface area contributed by atoms with Crippen molar-refractivity contribution >= 4 is 5.69 Å². The van der Waals surface area contributed by atoms with Crippen molar-refractivity contribution in [1.29, 1.82) is 0 Å². The van der Waals surface area contributed by atoms with Gasteiger partial charge in [-0.25, -0.2) is 13.2 Å². The van der Waals surface area contributed by atoms with Crippen LogP contribution >= 0.6 is 0 Å². The maximum absolute atomic E-state index is 13.4. The van der Waals surface area contributed by atoms with Crippen molar-refractivity contribution in [1.82, 2.24) is 0 Å². The van der Waals surface area contributed by atoms with Gasteiger partial charge in [0.1, 0.15) is 5.82 Å². The summed E-state index contributed by atoms with van der Waals surface area (Å²) in [6.45, 7) is 2.36. The summed E-state index contributed by atoms with van der Waals surface area (Å²) in [6.07, 6.45) is 0.942. The van der Waals surface area contributed by atoms with E-state index in [2.05, 4.69) is 12.2 Å². The van der Waals surface area contributed by atoms with E-state index < -0.39 is 17.5 Å². The zero-order valence-electron chi connectivity index (χ0n) is 10.5. The van der Waals surface area contributed by atoms with Crippen molar-refractivity contribution in [3.63, 3.8) is 0 Å². The predicted octanol–water partition coefficient (Wildman–Crippen LogP) is 4.28. The van der Waals surface area contributed by atoms with Crippen LogP contribution in [0, 0.1) is 17.5 Å². The second kappa shape index (κ2) is 5.78. The lowest BCUT2D eigenvalue weighted by molar-refractivity contribution is 0.497.